The molecule has 0 fully saturated rings. The number of rotatable bonds is 3. The quantitative estimate of drug-likeness (QED) is 0.581. The van der Waals surface area contributed by atoms with Gasteiger partial charge in [0.15, 0.2) is 0 Å². The topological polar surface area (TPSA) is 68.2 Å². The van der Waals surface area contributed by atoms with Gasteiger partial charge in [0, 0.05) is 5.56 Å². The van der Waals surface area contributed by atoms with Gasteiger partial charge in [-0.2, -0.15) is 0 Å². The highest BCUT2D eigenvalue weighted by atomic mass is 16.6. The Kier molecular flexibility index (Phi) is 3.10. The van der Waals surface area contributed by atoms with Crippen LogP contribution < -0.4 is 4.74 Å². The molecule has 5 heteroatoms. The first-order valence-electron chi connectivity index (χ1n) is 6.52. The van der Waals surface area contributed by atoms with Crippen LogP contribution in [-0.4, -0.2) is 17.0 Å². The number of benzene rings is 2. The minimum absolute atomic E-state index is 0.0817. The zero-order valence-corrected chi connectivity index (χ0v) is 11.7. The van der Waals surface area contributed by atoms with Gasteiger partial charge in [-0.3, -0.25) is 10.1 Å². The lowest BCUT2D eigenvalue weighted by molar-refractivity contribution is -0.382. The summed E-state index contributed by atoms with van der Waals surface area (Å²) >= 11 is 0. The van der Waals surface area contributed by atoms with Gasteiger partial charge in [0.05, 0.1) is 22.9 Å². The van der Waals surface area contributed by atoms with E-state index in [9.17, 15) is 10.1 Å². The van der Waals surface area contributed by atoms with Gasteiger partial charge in [-0.25, -0.2) is 0 Å². The number of nitrogens with one attached hydrogen (secondary N) is 1. The molecule has 0 bridgehead atoms. The molecule has 0 radical (unpaired) electrons. The molecule has 0 unspecified atom stereocenters. The highest BCUT2D eigenvalue weighted by molar-refractivity contribution is 5.99. The predicted molar refractivity (Wildman–Crippen MR) is 81.7 cm³/mol. The van der Waals surface area contributed by atoms with E-state index in [2.05, 4.69) is 4.98 Å². The number of H-pyrrole nitrogens is 1. The van der Waals surface area contributed by atoms with Crippen molar-refractivity contribution in [1.82, 2.24) is 4.98 Å². The number of nitrogens with zero attached hydrogens (tertiary/aromatic N) is 1. The molecule has 2 aromatic carbocycles. The Bertz CT molecular complexity index is 822. The number of hydrogen-bond donors (Lipinski definition) is 1. The Labute approximate surface area is 121 Å². The van der Waals surface area contributed by atoms with Gasteiger partial charge in [0.25, 0.3) is 0 Å². The Morgan fingerprint density at radius 3 is 2.52 bits per heavy atom. The van der Waals surface area contributed by atoms with Gasteiger partial charge in [-0.1, -0.05) is 30.3 Å². The molecule has 5 nitrogen and oxygen atoms in total. The van der Waals surface area contributed by atoms with Gasteiger partial charge in [0.2, 0.25) is 0 Å². The average Bonchev–Trinajstić information content (AvgIpc) is 2.88. The molecule has 0 saturated heterocycles. The molecule has 106 valence electrons. The van der Waals surface area contributed by atoms with Gasteiger partial charge < -0.3 is 9.72 Å². The van der Waals surface area contributed by atoms with E-state index in [0.717, 1.165) is 16.6 Å². The van der Waals surface area contributed by atoms with Crippen LogP contribution in [0.4, 0.5) is 5.69 Å². The molecular weight excluding hydrogens is 268 g/mol. The Balaban J connectivity index is 2.38. The van der Waals surface area contributed by atoms with Crippen molar-refractivity contribution >= 4 is 16.6 Å². The number of hydrogen-bond acceptors (Lipinski definition) is 3. The number of aromatic nitrogens is 1. The smallest absolute Gasteiger partial charge is 0.302 e. The monoisotopic (exact) mass is 282 g/mol. The van der Waals surface area contributed by atoms with Crippen molar-refractivity contribution in [3.05, 3.63) is 58.1 Å². The standard InChI is InChI=1S/C16H14N2O3/c1-10-8-12(21-2)9-13-14(10)17-15(16(13)18(19)20)11-6-4-3-5-7-11/h3-9,17H,1-2H3. The second-order valence-electron chi connectivity index (χ2n) is 4.84. The molecule has 0 aliphatic rings. The van der Waals surface area contributed by atoms with Gasteiger partial charge >= 0.3 is 5.69 Å². The molecule has 21 heavy (non-hydrogen) atoms. The van der Waals surface area contributed by atoms with Crippen molar-refractivity contribution in [2.24, 2.45) is 0 Å². The first-order valence-corrected chi connectivity index (χ1v) is 6.52. The summed E-state index contributed by atoms with van der Waals surface area (Å²) in [6.07, 6.45) is 0. The molecule has 1 heterocycles. The summed E-state index contributed by atoms with van der Waals surface area (Å²) in [6, 6.07) is 12.9. The van der Waals surface area contributed by atoms with Crippen LogP contribution in [0.2, 0.25) is 0 Å². The Hall–Kier alpha value is -2.82. The molecular formula is C16H14N2O3. The summed E-state index contributed by atoms with van der Waals surface area (Å²) < 4.78 is 5.22. The fraction of sp³-hybridized carbons (Fsp3) is 0.125. The summed E-state index contributed by atoms with van der Waals surface area (Å²) in [7, 11) is 1.55. The van der Waals surface area contributed by atoms with Gasteiger partial charge in [0.1, 0.15) is 11.4 Å². The zero-order chi connectivity index (χ0) is 15.0. The van der Waals surface area contributed by atoms with E-state index >= 15 is 0 Å². The van der Waals surface area contributed by atoms with Crippen molar-refractivity contribution in [3.63, 3.8) is 0 Å². The van der Waals surface area contributed by atoms with Crippen LogP contribution in [0.5, 0.6) is 5.75 Å². The van der Waals surface area contributed by atoms with Crippen molar-refractivity contribution in [2.45, 2.75) is 6.92 Å². The predicted octanol–water partition coefficient (Wildman–Crippen LogP) is 4.06. The van der Waals surface area contributed by atoms with E-state index in [4.69, 9.17) is 4.74 Å². The van der Waals surface area contributed by atoms with Crippen LogP contribution in [0.25, 0.3) is 22.2 Å². The molecule has 0 aliphatic carbocycles. The molecule has 1 N–H and O–H groups in total. The molecule has 3 rings (SSSR count). The lowest BCUT2D eigenvalue weighted by Gasteiger charge is -2.01. The number of fused-ring (bicyclic) bond motifs is 1. The minimum Gasteiger partial charge on any atom is -0.497 e. The van der Waals surface area contributed by atoms with Gasteiger partial charge in [-0.15, -0.1) is 0 Å². The third-order valence-electron chi connectivity index (χ3n) is 3.53. The summed E-state index contributed by atoms with van der Waals surface area (Å²) in [5.41, 5.74) is 3.07. The molecule has 3 aromatic rings. The first-order chi connectivity index (χ1) is 10.1. The fourth-order valence-corrected chi connectivity index (χ4v) is 2.55. The molecule has 0 atom stereocenters. The van der Waals surface area contributed by atoms with Crippen LogP contribution in [0.3, 0.4) is 0 Å². The second kappa shape index (κ2) is 4.94. The van der Waals surface area contributed by atoms with Crippen molar-refractivity contribution < 1.29 is 9.66 Å². The molecule has 0 saturated carbocycles. The molecule has 0 amide bonds. The van der Waals surface area contributed by atoms with E-state index in [1.165, 1.54) is 0 Å². The summed E-state index contributed by atoms with van der Waals surface area (Å²) in [4.78, 5) is 14.4. The highest BCUT2D eigenvalue weighted by Gasteiger charge is 2.24. The van der Waals surface area contributed by atoms with Crippen LogP contribution in [0, 0.1) is 17.0 Å². The first kappa shape index (κ1) is 13.2. The van der Waals surface area contributed by atoms with Crippen molar-refractivity contribution in [1.29, 1.82) is 0 Å². The molecule has 1 aromatic heterocycles. The van der Waals surface area contributed by atoms with Gasteiger partial charge in [-0.05, 0) is 24.6 Å². The highest BCUT2D eigenvalue weighted by Crippen LogP contribution is 2.39. The molecule has 0 aliphatic heterocycles. The minimum atomic E-state index is -0.347. The number of aryl methyl sites for hydroxylation is 1. The van der Waals surface area contributed by atoms with Crippen molar-refractivity contribution in [3.8, 4) is 17.0 Å². The third-order valence-corrected chi connectivity index (χ3v) is 3.53. The fourth-order valence-electron chi connectivity index (χ4n) is 2.55. The average molecular weight is 282 g/mol. The Morgan fingerprint density at radius 1 is 1.19 bits per heavy atom. The SMILES string of the molecule is COc1cc(C)c2[nH]c(-c3ccccc3)c([N+](=O)[O-])c2c1. The second-order valence-corrected chi connectivity index (χ2v) is 4.84. The van der Waals surface area contributed by atoms with E-state index in [-0.39, 0.29) is 10.6 Å². The zero-order valence-electron chi connectivity index (χ0n) is 11.7. The third kappa shape index (κ3) is 2.12. The maximum absolute atomic E-state index is 11.5. The van der Waals surface area contributed by atoms with Crippen LogP contribution in [-0.2, 0) is 0 Å². The van der Waals surface area contributed by atoms with Crippen LogP contribution in [0.15, 0.2) is 42.5 Å². The van der Waals surface area contributed by atoms with E-state index in [1.54, 1.807) is 13.2 Å². The maximum Gasteiger partial charge on any atom is 0.302 e. The lowest BCUT2D eigenvalue weighted by Crippen LogP contribution is -1.90. The largest absolute Gasteiger partial charge is 0.497 e. The number of ether oxygens (including phenoxy) is 1. The van der Waals surface area contributed by atoms with Crippen LogP contribution in [0.1, 0.15) is 5.56 Å². The number of nitro groups is 1. The van der Waals surface area contributed by atoms with Crippen molar-refractivity contribution in [2.75, 3.05) is 7.11 Å². The summed E-state index contributed by atoms with van der Waals surface area (Å²) in [6.45, 7) is 1.90. The maximum atomic E-state index is 11.5. The molecule has 0 spiro atoms. The summed E-state index contributed by atoms with van der Waals surface area (Å²) in [5.74, 6) is 0.613. The lowest BCUT2D eigenvalue weighted by atomic mass is 10.1. The Morgan fingerprint density at radius 2 is 1.90 bits per heavy atom. The van der Waals surface area contributed by atoms with E-state index in [0.29, 0.717) is 16.8 Å². The van der Waals surface area contributed by atoms with E-state index in [1.807, 2.05) is 43.3 Å². The number of methoxy groups -OCH3 is 1. The number of aromatic amines is 1. The normalized spacial score (nSPS) is 10.8. The van der Waals surface area contributed by atoms with Crippen LogP contribution >= 0.6 is 0 Å². The summed E-state index contributed by atoms with van der Waals surface area (Å²) in [5, 5.41) is 12.1. The van der Waals surface area contributed by atoms with E-state index < -0.39 is 0 Å².